The van der Waals surface area contributed by atoms with Crippen LogP contribution in [0.2, 0.25) is 0 Å². The average Bonchev–Trinajstić information content (AvgIpc) is 3.31. The number of anilines is 1. The molecule has 1 unspecified atom stereocenters. The van der Waals surface area contributed by atoms with E-state index in [2.05, 4.69) is 15.6 Å². The molecule has 2 aromatic carbocycles. The Morgan fingerprint density at radius 2 is 2.17 bits per heavy atom. The van der Waals surface area contributed by atoms with Crippen molar-refractivity contribution in [3.05, 3.63) is 71.4 Å². The highest BCUT2D eigenvalue weighted by Crippen LogP contribution is 2.34. The minimum atomic E-state index is -0.598. The number of aromatic nitrogens is 3. The number of hydrogen-bond acceptors (Lipinski definition) is 6. The third-order valence-corrected chi connectivity index (χ3v) is 7.58. The number of nitrogens with zero attached hydrogens (tertiary/aromatic N) is 3. The number of carbonyl (C=O) groups is 2. The van der Waals surface area contributed by atoms with E-state index in [1.165, 1.54) is 23.9 Å². The van der Waals surface area contributed by atoms with Crippen LogP contribution in [0.4, 0.5) is 10.1 Å². The van der Waals surface area contributed by atoms with E-state index in [4.69, 9.17) is 9.84 Å². The van der Waals surface area contributed by atoms with Crippen molar-refractivity contribution in [3.63, 3.8) is 0 Å². The van der Waals surface area contributed by atoms with E-state index in [9.17, 15) is 14.0 Å². The van der Waals surface area contributed by atoms with Crippen molar-refractivity contribution in [3.8, 4) is 11.4 Å². The van der Waals surface area contributed by atoms with Crippen LogP contribution in [0.15, 0.2) is 53.7 Å². The second kappa shape index (κ2) is 8.94. The minimum Gasteiger partial charge on any atom is -0.497 e. The Bertz CT molecular complexity index is 1540. The Morgan fingerprint density at radius 1 is 1.28 bits per heavy atom. The lowest BCUT2D eigenvalue weighted by Crippen LogP contribution is -2.39. The van der Waals surface area contributed by atoms with Gasteiger partial charge in [-0.2, -0.15) is 5.10 Å². The Labute approximate surface area is 210 Å². The molecule has 0 spiro atoms. The summed E-state index contributed by atoms with van der Waals surface area (Å²) in [5.74, 6) is -0.280. The molecule has 0 bridgehead atoms. The smallest absolute Gasteiger partial charge is 0.254 e. The van der Waals surface area contributed by atoms with Gasteiger partial charge in [0.2, 0.25) is 5.91 Å². The van der Waals surface area contributed by atoms with Gasteiger partial charge in [0, 0.05) is 28.7 Å². The molecule has 3 heterocycles. The third kappa shape index (κ3) is 4.07. The molecular formula is C26H22FN5O3S. The summed E-state index contributed by atoms with van der Waals surface area (Å²) in [5.41, 5.74) is 4.15. The Kier molecular flexibility index (Phi) is 5.60. The van der Waals surface area contributed by atoms with Gasteiger partial charge >= 0.3 is 0 Å². The first-order valence-corrected chi connectivity index (χ1v) is 12.5. The number of carbonyl (C=O) groups excluding carboxylic acids is 2. The molecule has 2 amide bonds. The zero-order valence-corrected chi connectivity index (χ0v) is 20.2. The number of aryl methyl sites for hydroxylation is 1. The Morgan fingerprint density at radius 3 is 3.03 bits per heavy atom. The number of amides is 2. The molecular weight excluding hydrogens is 481 g/mol. The quantitative estimate of drug-likeness (QED) is 0.438. The van der Waals surface area contributed by atoms with Gasteiger partial charge in [-0.25, -0.2) is 9.07 Å². The number of thioether (sulfide) groups is 1. The van der Waals surface area contributed by atoms with Crippen molar-refractivity contribution >= 4 is 40.2 Å². The first kappa shape index (κ1) is 22.5. The summed E-state index contributed by atoms with van der Waals surface area (Å²) in [6.07, 6.45) is 5.71. The zero-order valence-electron chi connectivity index (χ0n) is 19.4. The van der Waals surface area contributed by atoms with Crippen molar-refractivity contribution in [2.75, 3.05) is 18.2 Å². The van der Waals surface area contributed by atoms with Gasteiger partial charge in [-0.1, -0.05) is 0 Å². The number of halogens is 1. The third-order valence-electron chi connectivity index (χ3n) is 6.53. The molecule has 1 aliphatic carbocycles. The van der Waals surface area contributed by atoms with Crippen LogP contribution in [0.1, 0.15) is 28.0 Å². The van der Waals surface area contributed by atoms with Gasteiger partial charge in [0.05, 0.1) is 41.0 Å². The standard InChI is InChI=1S/C26H22FN5O3S/c1-35-16-3-5-21-18(9-16)23(6-7-28-21)32-12-14-8-15(2-4-20(14)31-32)29-26(34)17-10-22-24(11-19(17)27)36-13-25(33)30-22/h3,5-7,9-12,15H,2,4,8,13H2,1H3,(H,29,34)(H,30,33). The predicted molar refractivity (Wildman–Crippen MR) is 134 cm³/mol. The molecule has 2 N–H and O–H groups in total. The van der Waals surface area contributed by atoms with Crippen LogP contribution < -0.4 is 15.4 Å². The maximum Gasteiger partial charge on any atom is 0.254 e. The predicted octanol–water partition coefficient (Wildman–Crippen LogP) is 3.90. The molecule has 10 heteroatoms. The van der Waals surface area contributed by atoms with Crippen molar-refractivity contribution in [1.82, 2.24) is 20.1 Å². The summed E-state index contributed by atoms with van der Waals surface area (Å²) in [6, 6.07) is 10.2. The molecule has 0 saturated heterocycles. The molecule has 182 valence electrons. The van der Waals surface area contributed by atoms with Gasteiger partial charge in [-0.3, -0.25) is 14.6 Å². The fourth-order valence-corrected chi connectivity index (χ4v) is 5.54. The van der Waals surface area contributed by atoms with Crippen molar-refractivity contribution in [2.45, 2.75) is 30.2 Å². The van der Waals surface area contributed by atoms with Crippen molar-refractivity contribution < 1.29 is 18.7 Å². The number of rotatable bonds is 4. The summed E-state index contributed by atoms with van der Waals surface area (Å²) in [4.78, 5) is 29.7. The molecule has 6 rings (SSSR count). The maximum atomic E-state index is 14.7. The van der Waals surface area contributed by atoms with Crippen LogP contribution in [-0.2, 0) is 17.6 Å². The van der Waals surface area contributed by atoms with Gasteiger partial charge in [0.15, 0.2) is 0 Å². The normalized spacial score (nSPS) is 16.7. The molecule has 0 fully saturated rings. The number of methoxy groups -OCH3 is 1. The molecule has 2 aromatic heterocycles. The zero-order chi connectivity index (χ0) is 24.8. The van der Waals surface area contributed by atoms with E-state index in [-0.39, 0.29) is 23.3 Å². The molecule has 2 aliphatic rings. The fourth-order valence-electron chi connectivity index (χ4n) is 4.73. The topological polar surface area (TPSA) is 98.1 Å². The minimum absolute atomic E-state index is 0.0738. The molecule has 1 atom stereocenters. The van der Waals surface area contributed by atoms with Crippen LogP contribution in [-0.4, -0.2) is 45.5 Å². The Balaban J connectivity index is 1.23. The summed E-state index contributed by atoms with van der Waals surface area (Å²) >= 11 is 1.26. The van der Waals surface area contributed by atoms with E-state index in [0.717, 1.165) is 33.6 Å². The highest BCUT2D eigenvalue weighted by molar-refractivity contribution is 8.00. The number of benzene rings is 2. The van der Waals surface area contributed by atoms with Gasteiger partial charge in [-0.15, -0.1) is 11.8 Å². The molecule has 8 nitrogen and oxygen atoms in total. The van der Waals surface area contributed by atoms with Gasteiger partial charge in [0.25, 0.3) is 5.91 Å². The van der Waals surface area contributed by atoms with E-state index in [1.54, 1.807) is 13.3 Å². The van der Waals surface area contributed by atoms with Crippen LogP contribution in [0, 0.1) is 5.82 Å². The molecule has 0 saturated carbocycles. The van der Waals surface area contributed by atoms with Crippen LogP contribution in [0.5, 0.6) is 5.75 Å². The van der Waals surface area contributed by atoms with E-state index in [0.29, 0.717) is 29.8 Å². The largest absolute Gasteiger partial charge is 0.497 e. The lowest BCUT2D eigenvalue weighted by molar-refractivity contribution is -0.113. The second-order valence-electron chi connectivity index (χ2n) is 8.84. The van der Waals surface area contributed by atoms with Crippen molar-refractivity contribution in [1.29, 1.82) is 0 Å². The number of hydrogen-bond donors (Lipinski definition) is 2. The fraction of sp³-hybridized carbons (Fsp3) is 0.231. The number of nitrogens with one attached hydrogen (secondary N) is 2. The average molecular weight is 504 g/mol. The first-order valence-electron chi connectivity index (χ1n) is 11.6. The highest BCUT2D eigenvalue weighted by Gasteiger charge is 2.26. The van der Waals surface area contributed by atoms with E-state index < -0.39 is 11.7 Å². The first-order chi connectivity index (χ1) is 17.5. The molecule has 36 heavy (non-hydrogen) atoms. The number of ether oxygens (including phenoxy) is 1. The monoisotopic (exact) mass is 503 g/mol. The Hall–Kier alpha value is -3.92. The van der Waals surface area contributed by atoms with Gasteiger partial charge < -0.3 is 15.4 Å². The lowest BCUT2D eigenvalue weighted by Gasteiger charge is -2.23. The second-order valence-corrected chi connectivity index (χ2v) is 9.85. The van der Waals surface area contributed by atoms with Crippen LogP contribution >= 0.6 is 11.8 Å². The van der Waals surface area contributed by atoms with Crippen LogP contribution in [0.25, 0.3) is 16.6 Å². The molecule has 0 radical (unpaired) electrons. The van der Waals surface area contributed by atoms with Crippen LogP contribution in [0.3, 0.4) is 0 Å². The number of fused-ring (bicyclic) bond motifs is 3. The van der Waals surface area contributed by atoms with Crippen molar-refractivity contribution in [2.24, 2.45) is 0 Å². The summed E-state index contributed by atoms with van der Waals surface area (Å²) in [5, 5.41) is 11.4. The van der Waals surface area contributed by atoms with E-state index in [1.807, 2.05) is 35.1 Å². The molecule has 1 aliphatic heterocycles. The SMILES string of the molecule is COc1ccc2nccc(-n3cc4c(n3)CCC(NC(=O)c3cc5c(cc3F)SCC(=O)N5)C4)c2c1. The van der Waals surface area contributed by atoms with Gasteiger partial charge in [0.1, 0.15) is 11.6 Å². The maximum absolute atomic E-state index is 14.7. The van der Waals surface area contributed by atoms with E-state index >= 15 is 0 Å². The summed E-state index contributed by atoms with van der Waals surface area (Å²) in [6.45, 7) is 0. The highest BCUT2D eigenvalue weighted by atomic mass is 32.2. The summed E-state index contributed by atoms with van der Waals surface area (Å²) < 4.78 is 21.9. The molecule has 4 aromatic rings. The number of pyridine rings is 1. The lowest BCUT2D eigenvalue weighted by atomic mass is 9.93. The van der Waals surface area contributed by atoms with Gasteiger partial charge in [-0.05, 0) is 61.2 Å². The summed E-state index contributed by atoms with van der Waals surface area (Å²) in [7, 11) is 1.63.